The molecule has 0 N–H and O–H groups in total. The summed E-state index contributed by atoms with van der Waals surface area (Å²) < 4.78 is 1.04. The monoisotopic (exact) mass is 496 g/mol. The second kappa shape index (κ2) is 9.33. The number of carbonyl (C=O) groups excluding carboxylic acids is 1. The standard InChI is InChI=1S/C24H21BrN2OS2/c1-3-16-5-9-18(10-6-16)26-24-27(19-11-7-17(4-2)8-12-19)23(28)21(30-24)15-20-13-14-22(25)29-20/h5-15H,3-4H2,1-2H3/b21-15-,26-24?. The van der Waals surface area contributed by atoms with Gasteiger partial charge in [-0.05, 0) is 94.1 Å². The van der Waals surface area contributed by atoms with Crippen LogP contribution in [0.1, 0.15) is 29.9 Å². The number of carbonyl (C=O) groups is 1. The Morgan fingerprint density at radius 3 is 2.13 bits per heavy atom. The first-order chi connectivity index (χ1) is 14.6. The fourth-order valence-electron chi connectivity index (χ4n) is 3.11. The van der Waals surface area contributed by atoms with Crippen LogP contribution in [0.5, 0.6) is 0 Å². The van der Waals surface area contributed by atoms with Gasteiger partial charge in [-0.3, -0.25) is 9.69 Å². The first-order valence-electron chi connectivity index (χ1n) is 9.83. The van der Waals surface area contributed by atoms with Crippen molar-refractivity contribution < 1.29 is 4.79 Å². The molecule has 1 amide bonds. The van der Waals surface area contributed by atoms with Crippen LogP contribution in [0.4, 0.5) is 11.4 Å². The second-order valence-electron chi connectivity index (χ2n) is 6.83. The Bertz CT molecular complexity index is 1110. The van der Waals surface area contributed by atoms with Crippen LogP contribution in [-0.2, 0) is 17.6 Å². The van der Waals surface area contributed by atoms with Gasteiger partial charge in [0.2, 0.25) is 0 Å². The molecular weight excluding hydrogens is 476 g/mol. The zero-order valence-corrected chi connectivity index (χ0v) is 20.0. The van der Waals surface area contributed by atoms with Gasteiger partial charge in [0.05, 0.1) is 20.1 Å². The molecule has 0 spiro atoms. The Labute approximate surface area is 193 Å². The van der Waals surface area contributed by atoms with E-state index in [1.807, 2.05) is 42.5 Å². The van der Waals surface area contributed by atoms with E-state index >= 15 is 0 Å². The van der Waals surface area contributed by atoms with Crippen molar-refractivity contribution >= 4 is 67.6 Å². The fraction of sp³-hybridized carbons (Fsp3) is 0.167. The molecule has 4 rings (SSSR count). The van der Waals surface area contributed by atoms with Crippen molar-refractivity contribution in [3.05, 3.63) is 85.4 Å². The number of amidine groups is 1. The second-order valence-corrected chi connectivity index (χ2v) is 10.3. The van der Waals surface area contributed by atoms with Crippen LogP contribution in [0, 0.1) is 0 Å². The van der Waals surface area contributed by atoms with Crippen LogP contribution in [0.2, 0.25) is 0 Å². The van der Waals surface area contributed by atoms with E-state index in [0.29, 0.717) is 10.1 Å². The largest absolute Gasteiger partial charge is 0.271 e. The van der Waals surface area contributed by atoms with Gasteiger partial charge in [-0.1, -0.05) is 38.1 Å². The third-order valence-corrected chi connectivity index (χ3v) is 7.39. The lowest BCUT2D eigenvalue weighted by Crippen LogP contribution is -2.28. The van der Waals surface area contributed by atoms with Crippen molar-refractivity contribution in [3.63, 3.8) is 0 Å². The maximum absolute atomic E-state index is 13.3. The maximum Gasteiger partial charge on any atom is 0.271 e. The molecule has 152 valence electrons. The quantitative estimate of drug-likeness (QED) is 0.343. The molecule has 3 aromatic rings. The number of benzene rings is 2. The lowest BCUT2D eigenvalue weighted by Gasteiger charge is -2.16. The van der Waals surface area contributed by atoms with E-state index in [0.717, 1.165) is 32.9 Å². The molecule has 3 nitrogen and oxygen atoms in total. The van der Waals surface area contributed by atoms with Gasteiger partial charge in [0, 0.05) is 4.88 Å². The van der Waals surface area contributed by atoms with Gasteiger partial charge in [-0.25, -0.2) is 4.99 Å². The number of thiophene rings is 1. The Kier molecular flexibility index (Phi) is 6.56. The Morgan fingerprint density at radius 2 is 1.57 bits per heavy atom. The van der Waals surface area contributed by atoms with Gasteiger partial charge in [-0.2, -0.15) is 0 Å². The van der Waals surface area contributed by atoms with Gasteiger partial charge < -0.3 is 0 Å². The number of halogens is 1. The van der Waals surface area contributed by atoms with Crippen LogP contribution in [0.3, 0.4) is 0 Å². The van der Waals surface area contributed by atoms with E-state index in [2.05, 4.69) is 54.0 Å². The van der Waals surface area contributed by atoms with Crippen molar-refractivity contribution in [1.82, 2.24) is 0 Å². The van der Waals surface area contributed by atoms with Crippen LogP contribution in [0.25, 0.3) is 6.08 Å². The molecule has 0 aliphatic carbocycles. The lowest BCUT2D eigenvalue weighted by molar-refractivity contribution is -0.113. The number of aliphatic imine (C=N–C) groups is 1. The van der Waals surface area contributed by atoms with Crippen molar-refractivity contribution in [1.29, 1.82) is 0 Å². The molecule has 0 saturated carbocycles. The average Bonchev–Trinajstić information content (AvgIpc) is 3.31. The number of anilines is 1. The zero-order valence-electron chi connectivity index (χ0n) is 16.8. The van der Waals surface area contributed by atoms with Crippen LogP contribution < -0.4 is 4.90 Å². The predicted octanol–water partition coefficient (Wildman–Crippen LogP) is 7.44. The Balaban J connectivity index is 1.74. The number of aryl methyl sites for hydroxylation is 2. The first-order valence-corrected chi connectivity index (χ1v) is 12.3. The molecule has 6 heteroatoms. The van der Waals surface area contributed by atoms with Gasteiger partial charge in [0.1, 0.15) is 0 Å². The molecule has 0 unspecified atom stereocenters. The summed E-state index contributed by atoms with van der Waals surface area (Å²) in [7, 11) is 0. The van der Waals surface area contributed by atoms with Crippen molar-refractivity contribution in [2.24, 2.45) is 4.99 Å². The molecule has 1 fully saturated rings. The van der Waals surface area contributed by atoms with E-state index in [9.17, 15) is 4.79 Å². The van der Waals surface area contributed by atoms with Gasteiger partial charge in [0.15, 0.2) is 5.17 Å². The molecule has 1 saturated heterocycles. The molecule has 1 aromatic heterocycles. The molecule has 0 atom stereocenters. The predicted molar refractivity (Wildman–Crippen MR) is 134 cm³/mol. The number of amides is 1. The SMILES string of the molecule is CCc1ccc(N=C2S/C(=C\c3ccc(Br)s3)C(=O)N2c2ccc(CC)cc2)cc1. The number of thioether (sulfide) groups is 1. The van der Waals surface area contributed by atoms with Gasteiger partial charge in [-0.15, -0.1) is 11.3 Å². The van der Waals surface area contributed by atoms with Gasteiger partial charge >= 0.3 is 0 Å². The highest BCUT2D eigenvalue weighted by Crippen LogP contribution is 2.38. The molecule has 1 aliphatic rings. The molecular formula is C24H21BrN2OS2. The fourth-order valence-corrected chi connectivity index (χ4v) is 5.54. The third kappa shape index (κ3) is 4.61. The Hall–Kier alpha value is -2.15. The average molecular weight is 497 g/mol. The maximum atomic E-state index is 13.3. The highest BCUT2D eigenvalue weighted by atomic mass is 79.9. The molecule has 0 bridgehead atoms. The van der Waals surface area contributed by atoms with E-state index in [-0.39, 0.29) is 5.91 Å². The topological polar surface area (TPSA) is 32.7 Å². The van der Waals surface area contributed by atoms with Crippen LogP contribution in [0.15, 0.2) is 74.3 Å². The minimum absolute atomic E-state index is 0.0438. The van der Waals surface area contributed by atoms with Gasteiger partial charge in [0.25, 0.3) is 5.91 Å². The van der Waals surface area contributed by atoms with Crippen molar-refractivity contribution in [2.75, 3.05) is 4.90 Å². The summed E-state index contributed by atoms with van der Waals surface area (Å²) in [5.74, 6) is -0.0438. The van der Waals surface area contributed by atoms with E-state index < -0.39 is 0 Å². The first kappa shape index (κ1) is 21.1. The smallest absolute Gasteiger partial charge is 0.268 e. The number of rotatable bonds is 5. The zero-order chi connectivity index (χ0) is 21.1. The molecule has 30 heavy (non-hydrogen) atoms. The summed E-state index contributed by atoms with van der Waals surface area (Å²) in [4.78, 5) is 21.6. The highest BCUT2D eigenvalue weighted by molar-refractivity contribution is 9.11. The van der Waals surface area contributed by atoms with E-state index in [1.54, 1.807) is 16.2 Å². The van der Waals surface area contributed by atoms with E-state index in [4.69, 9.17) is 4.99 Å². The summed E-state index contributed by atoms with van der Waals surface area (Å²) >= 11 is 6.51. The van der Waals surface area contributed by atoms with Crippen molar-refractivity contribution in [2.45, 2.75) is 26.7 Å². The van der Waals surface area contributed by atoms with Crippen molar-refractivity contribution in [3.8, 4) is 0 Å². The summed E-state index contributed by atoms with van der Waals surface area (Å²) in [5.41, 5.74) is 4.19. The summed E-state index contributed by atoms with van der Waals surface area (Å²) in [6.07, 6.45) is 3.90. The lowest BCUT2D eigenvalue weighted by atomic mass is 10.1. The number of hydrogen-bond donors (Lipinski definition) is 0. The van der Waals surface area contributed by atoms with Crippen LogP contribution >= 0.6 is 39.0 Å². The minimum Gasteiger partial charge on any atom is -0.268 e. The Morgan fingerprint density at radius 1 is 0.933 bits per heavy atom. The highest BCUT2D eigenvalue weighted by Gasteiger charge is 2.34. The minimum atomic E-state index is -0.0438. The van der Waals surface area contributed by atoms with E-state index in [1.165, 1.54) is 22.9 Å². The number of hydrogen-bond acceptors (Lipinski definition) is 4. The summed E-state index contributed by atoms with van der Waals surface area (Å²) in [5, 5.41) is 0.676. The molecule has 2 heterocycles. The van der Waals surface area contributed by atoms with Crippen LogP contribution in [-0.4, -0.2) is 11.1 Å². The molecule has 1 aliphatic heterocycles. The molecule has 0 radical (unpaired) electrons. The third-order valence-electron chi connectivity index (χ3n) is 4.85. The normalized spacial score (nSPS) is 16.8. The summed E-state index contributed by atoms with van der Waals surface area (Å²) in [6, 6.07) is 20.3. The number of nitrogens with zero attached hydrogens (tertiary/aromatic N) is 2. The summed E-state index contributed by atoms with van der Waals surface area (Å²) in [6.45, 7) is 4.26. The molecule has 2 aromatic carbocycles.